The van der Waals surface area contributed by atoms with E-state index in [9.17, 15) is 9.59 Å². The number of amides is 2. The fourth-order valence-electron chi connectivity index (χ4n) is 3.50. The second-order valence-corrected chi connectivity index (χ2v) is 8.04. The standard InChI is InChI=1S/C25H30N2O4/c1-6-30-22-13-19-11-17(5)31-23(19)12-18(22)8-10-24(28)27-20-9-7-16(4)21(14-20)25(29)26-15(2)3/h7-10,12-15,17H,6,11H2,1-5H3,(H,26,29)(H,27,28)/b10-8+. The molecular weight excluding hydrogens is 392 g/mol. The number of carbonyl (C=O) groups is 2. The smallest absolute Gasteiger partial charge is 0.251 e. The van der Waals surface area contributed by atoms with Crippen LogP contribution in [0.2, 0.25) is 0 Å². The molecule has 2 aromatic carbocycles. The molecule has 1 atom stereocenters. The van der Waals surface area contributed by atoms with Gasteiger partial charge >= 0.3 is 0 Å². The highest BCUT2D eigenvalue weighted by molar-refractivity contribution is 6.03. The third kappa shape index (κ3) is 5.66. The molecule has 6 heteroatoms. The number of aryl methyl sites for hydroxylation is 1. The molecule has 3 rings (SSSR count). The lowest BCUT2D eigenvalue weighted by Gasteiger charge is -2.12. The Kier molecular flexibility index (Phi) is 7.00. The molecule has 31 heavy (non-hydrogen) atoms. The molecule has 1 aliphatic heterocycles. The van der Waals surface area contributed by atoms with E-state index in [2.05, 4.69) is 10.6 Å². The Balaban J connectivity index is 1.75. The zero-order chi connectivity index (χ0) is 22.5. The highest BCUT2D eigenvalue weighted by Crippen LogP contribution is 2.35. The Morgan fingerprint density at radius 2 is 2.03 bits per heavy atom. The normalized spacial score (nSPS) is 15.0. The second kappa shape index (κ2) is 9.69. The lowest BCUT2D eigenvalue weighted by molar-refractivity contribution is -0.111. The van der Waals surface area contributed by atoms with Crippen LogP contribution >= 0.6 is 0 Å². The third-order valence-corrected chi connectivity index (χ3v) is 4.91. The molecule has 2 aromatic rings. The molecule has 0 spiro atoms. The van der Waals surface area contributed by atoms with Gasteiger partial charge in [0.15, 0.2) is 0 Å². The fourth-order valence-corrected chi connectivity index (χ4v) is 3.50. The van der Waals surface area contributed by atoms with E-state index in [-0.39, 0.29) is 24.0 Å². The average molecular weight is 423 g/mol. The van der Waals surface area contributed by atoms with Crippen LogP contribution in [0.3, 0.4) is 0 Å². The maximum absolute atomic E-state index is 12.5. The van der Waals surface area contributed by atoms with Crippen LogP contribution in [0.15, 0.2) is 36.4 Å². The van der Waals surface area contributed by atoms with Gasteiger partial charge in [0.2, 0.25) is 5.91 Å². The van der Waals surface area contributed by atoms with E-state index >= 15 is 0 Å². The topological polar surface area (TPSA) is 76.7 Å². The Labute approximate surface area is 183 Å². The van der Waals surface area contributed by atoms with Crippen molar-refractivity contribution in [1.82, 2.24) is 5.32 Å². The van der Waals surface area contributed by atoms with Gasteiger partial charge in [0, 0.05) is 40.9 Å². The lowest BCUT2D eigenvalue weighted by atomic mass is 10.1. The molecule has 0 saturated heterocycles. The lowest BCUT2D eigenvalue weighted by Crippen LogP contribution is -2.30. The first-order chi connectivity index (χ1) is 14.8. The van der Waals surface area contributed by atoms with Crippen LogP contribution in [-0.2, 0) is 11.2 Å². The number of hydrogen-bond acceptors (Lipinski definition) is 4. The van der Waals surface area contributed by atoms with Gasteiger partial charge in [0.25, 0.3) is 5.91 Å². The molecule has 0 aliphatic carbocycles. The van der Waals surface area contributed by atoms with Crippen LogP contribution in [-0.4, -0.2) is 30.6 Å². The number of nitrogens with one attached hydrogen (secondary N) is 2. The Hall–Kier alpha value is -3.28. The number of ether oxygens (including phenoxy) is 2. The molecule has 2 N–H and O–H groups in total. The fraction of sp³-hybridized carbons (Fsp3) is 0.360. The number of benzene rings is 2. The van der Waals surface area contributed by atoms with Gasteiger partial charge < -0.3 is 20.1 Å². The van der Waals surface area contributed by atoms with Gasteiger partial charge in [-0.15, -0.1) is 0 Å². The third-order valence-electron chi connectivity index (χ3n) is 4.91. The Bertz CT molecular complexity index is 1010. The van der Waals surface area contributed by atoms with E-state index in [0.717, 1.165) is 34.6 Å². The molecule has 0 radical (unpaired) electrons. The summed E-state index contributed by atoms with van der Waals surface area (Å²) in [6.07, 6.45) is 4.15. The van der Waals surface area contributed by atoms with E-state index in [0.29, 0.717) is 17.9 Å². The Morgan fingerprint density at radius 1 is 1.26 bits per heavy atom. The largest absolute Gasteiger partial charge is 0.493 e. The van der Waals surface area contributed by atoms with Crippen LogP contribution in [0.4, 0.5) is 5.69 Å². The molecule has 164 valence electrons. The number of hydrogen-bond donors (Lipinski definition) is 2. The molecule has 1 unspecified atom stereocenters. The summed E-state index contributed by atoms with van der Waals surface area (Å²) in [5.74, 6) is 1.10. The van der Waals surface area contributed by atoms with Crippen molar-refractivity contribution in [3.8, 4) is 11.5 Å². The van der Waals surface area contributed by atoms with Crippen molar-refractivity contribution in [2.75, 3.05) is 11.9 Å². The number of rotatable bonds is 7. The summed E-state index contributed by atoms with van der Waals surface area (Å²) >= 11 is 0. The summed E-state index contributed by atoms with van der Waals surface area (Å²) in [6.45, 7) is 10.2. The van der Waals surface area contributed by atoms with Crippen LogP contribution in [0, 0.1) is 6.92 Å². The first-order valence-corrected chi connectivity index (χ1v) is 10.6. The van der Waals surface area contributed by atoms with E-state index in [4.69, 9.17) is 9.47 Å². The molecule has 0 bridgehead atoms. The van der Waals surface area contributed by atoms with Gasteiger partial charge in [-0.3, -0.25) is 9.59 Å². The Morgan fingerprint density at radius 3 is 2.74 bits per heavy atom. The second-order valence-electron chi connectivity index (χ2n) is 8.04. The molecule has 1 heterocycles. The molecule has 0 fully saturated rings. The summed E-state index contributed by atoms with van der Waals surface area (Å²) < 4.78 is 11.6. The predicted molar refractivity (Wildman–Crippen MR) is 123 cm³/mol. The number of fused-ring (bicyclic) bond motifs is 1. The van der Waals surface area contributed by atoms with E-state index in [1.165, 1.54) is 6.08 Å². The van der Waals surface area contributed by atoms with Crippen molar-refractivity contribution in [1.29, 1.82) is 0 Å². The van der Waals surface area contributed by atoms with Crippen LogP contribution in [0.5, 0.6) is 11.5 Å². The minimum atomic E-state index is -0.295. The van der Waals surface area contributed by atoms with Gasteiger partial charge in [-0.05, 0) is 70.5 Å². The van der Waals surface area contributed by atoms with E-state index in [1.807, 2.05) is 52.8 Å². The van der Waals surface area contributed by atoms with E-state index < -0.39 is 0 Å². The van der Waals surface area contributed by atoms with Gasteiger partial charge in [0.1, 0.15) is 17.6 Å². The average Bonchev–Trinajstić information content (AvgIpc) is 3.06. The van der Waals surface area contributed by atoms with Crippen LogP contribution in [0.25, 0.3) is 6.08 Å². The summed E-state index contributed by atoms with van der Waals surface area (Å²) in [4.78, 5) is 24.9. The van der Waals surface area contributed by atoms with Gasteiger partial charge in [-0.2, -0.15) is 0 Å². The maximum Gasteiger partial charge on any atom is 0.251 e. The summed E-state index contributed by atoms with van der Waals surface area (Å²) in [5, 5.41) is 5.70. The predicted octanol–water partition coefficient (Wildman–Crippen LogP) is 4.51. The zero-order valence-corrected chi connectivity index (χ0v) is 18.7. The zero-order valence-electron chi connectivity index (χ0n) is 18.7. The molecular formula is C25H30N2O4. The maximum atomic E-state index is 12.5. The van der Waals surface area contributed by atoms with Crippen molar-refractivity contribution >= 4 is 23.6 Å². The highest BCUT2D eigenvalue weighted by Gasteiger charge is 2.21. The summed E-state index contributed by atoms with van der Waals surface area (Å²) in [5.41, 5.74) is 3.85. The van der Waals surface area contributed by atoms with Crippen molar-refractivity contribution < 1.29 is 19.1 Å². The first-order valence-electron chi connectivity index (χ1n) is 10.6. The minimum absolute atomic E-state index is 0.0342. The summed E-state index contributed by atoms with van der Waals surface area (Å²) in [6, 6.07) is 9.22. The van der Waals surface area contributed by atoms with Gasteiger partial charge in [-0.1, -0.05) is 6.07 Å². The van der Waals surface area contributed by atoms with E-state index in [1.54, 1.807) is 18.2 Å². The van der Waals surface area contributed by atoms with Crippen molar-refractivity contribution in [3.63, 3.8) is 0 Å². The van der Waals surface area contributed by atoms with Crippen molar-refractivity contribution in [3.05, 3.63) is 58.7 Å². The molecule has 2 amide bonds. The monoisotopic (exact) mass is 422 g/mol. The molecule has 1 aliphatic rings. The quantitative estimate of drug-likeness (QED) is 0.644. The van der Waals surface area contributed by atoms with Gasteiger partial charge in [-0.25, -0.2) is 0 Å². The first kappa shape index (κ1) is 22.4. The van der Waals surface area contributed by atoms with Gasteiger partial charge in [0.05, 0.1) is 6.61 Å². The molecule has 0 aromatic heterocycles. The minimum Gasteiger partial charge on any atom is -0.493 e. The molecule has 6 nitrogen and oxygen atoms in total. The van der Waals surface area contributed by atoms with Crippen LogP contribution in [0.1, 0.15) is 54.7 Å². The highest BCUT2D eigenvalue weighted by atomic mass is 16.5. The SMILES string of the molecule is CCOc1cc2c(cc1/C=C/C(=O)Nc1ccc(C)c(C(=O)NC(C)C)c1)OC(C)C2. The summed E-state index contributed by atoms with van der Waals surface area (Å²) in [7, 11) is 0. The molecule has 0 saturated carbocycles. The van der Waals surface area contributed by atoms with Crippen LogP contribution < -0.4 is 20.1 Å². The number of anilines is 1. The van der Waals surface area contributed by atoms with Crippen molar-refractivity contribution in [2.45, 2.75) is 53.2 Å². The number of carbonyl (C=O) groups excluding carboxylic acids is 2. The van der Waals surface area contributed by atoms with Crippen molar-refractivity contribution in [2.24, 2.45) is 0 Å².